The fraction of sp³-hybridized carbons (Fsp3) is 0.133. The number of ether oxygens (including phenoxy) is 1. The molecule has 2 aromatic carbocycles. The average molecular weight is 294 g/mol. The third-order valence-electron chi connectivity index (χ3n) is 2.72. The van der Waals surface area contributed by atoms with Crippen LogP contribution in [0.1, 0.15) is 5.56 Å². The molecule has 0 radical (unpaired) electrons. The Morgan fingerprint density at radius 1 is 1.25 bits per heavy atom. The second-order valence-corrected chi connectivity index (χ2v) is 4.62. The summed E-state index contributed by atoms with van der Waals surface area (Å²) in [5.41, 5.74) is 1.23. The molecule has 0 bridgehead atoms. The van der Waals surface area contributed by atoms with Crippen LogP contribution in [-0.2, 0) is 11.2 Å². The quantitative estimate of drug-likeness (QED) is 0.934. The Bertz CT molecular complexity index is 614. The van der Waals surface area contributed by atoms with Crippen molar-refractivity contribution < 1.29 is 13.9 Å². The van der Waals surface area contributed by atoms with Gasteiger partial charge in [-0.1, -0.05) is 11.6 Å². The number of amides is 1. The summed E-state index contributed by atoms with van der Waals surface area (Å²) in [4.78, 5) is 11.9. The molecular weight excluding hydrogens is 281 g/mol. The minimum atomic E-state index is -0.348. The number of hydrogen-bond acceptors (Lipinski definition) is 2. The predicted octanol–water partition coefficient (Wildman–Crippen LogP) is 3.67. The van der Waals surface area contributed by atoms with E-state index in [9.17, 15) is 9.18 Å². The van der Waals surface area contributed by atoms with Gasteiger partial charge in [0.25, 0.3) is 0 Å². The van der Waals surface area contributed by atoms with Crippen molar-refractivity contribution in [1.82, 2.24) is 0 Å². The zero-order valence-corrected chi connectivity index (χ0v) is 11.6. The lowest BCUT2D eigenvalue weighted by atomic mass is 10.1. The fourth-order valence-electron chi connectivity index (χ4n) is 1.80. The van der Waals surface area contributed by atoms with Gasteiger partial charge in [0.1, 0.15) is 11.6 Å². The van der Waals surface area contributed by atoms with Crippen LogP contribution in [0.15, 0.2) is 42.5 Å². The van der Waals surface area contributed by atoms with E-state index in [1.165, 1.54) is 31.4 Å². The molecule has 0 aliphatic carbocycles. The highest BCUT2D eigenvalue weighted by Gasteiger charge is 2.10. The third-order valence-corrected chi connectivity index (χ3v) is 2.96. The zero-order chi connectivity index (χ0) is 14.5. The van der Waals surface area contributed by atoms with E-state index in [2.05, 4.69) is 5.32 Å². The van der Waals surface area contributed by atoms with E-state index in [1.54, 1.807) is 18.2 Å². The normalized spacial score (nSPS) is 10.2. The molecule has 0 unspecified atom stereocenters. The number of halogens is 2. The van der Waals surface area contributed by atoms with Gasteiger partial charge in [-0.15, -0.1) is 0 Å². The Morgan fingerprint density at radius 2 is 1.95 bits per heavy atom. The maximum atomic E-state index is 12.8. The van der Waals surface area contributed by atoms with Gasteiger partial charge >= 0.3 is 0 Å². The molecule has 5 heteroatoms. The molecule has 20 heavy (non-hydrogen) atoms. The van der Waals surface area contributed by atoms with E-state index in [-0.39, 0.29) is 18.1 Å². The molecule has 1 N–H and O–H groups in total. The SMILES string of the molecule is COc1ccc(Cl)cc1CC(=O)Nc1ccc(F)cc1. The summed E-state index contributed by atoms with van der Waals surface area (Å²) in [7, 11) is 1.53. The highest BCUT2D eigenvalue weighted by Crippen LogP contribution is 2.23. The molecular formula is C15H13ClFNO2. The van der Waals surface area contributed by atoms with Crippen molar-refractivity contribution in [2.24, 2.45) is 0 Å². The lowest BCUT2D eigenvalue weighted by Crippen LogP contribution is -2.14. The Hall–Kier alpha value is -2.07. The molecule has 0 fully saturated rings. The summed E-state index contributed by atoms with van der Waals surface area (Å²) >= 11 is 5.91. The van der Waals surface area contributed by atoms with Crippen LogP contribution in [-0.4, -0.2) is 13.0 Å². The lowest BCUT2D eigenvalue weighted by molar-refractivity contribution is -0.115. The standard InChI is InChI=1S/C15H13ClFNO2/c1-20-14-7-2-11(16)8-10(14)9-15(19)18-13-5-3-12(17)4-6-13/h2-8H,9H2,1H3,(H,18,19). The number of rotatable bonds is 4. The molecule has 0 saturated heterocycles. The fourth-order valence-corrected chi connectivity index (χ4v) is 1.99. The molecule has 0 spiro atoms. The summed E-state index contributed by atoms with van der Waals surface area (Å²) in [6.45, 7) is 0. The van der Waals surface area contributed by atoms with Crippen molar-refractivity contribution in [2.45, 2.75) is 6.42 Å². The Labute approximate surface area is 121 Å². The molecule has 0 heterocycles. The summed E-state index contributed by atoms with van der Waals surface area (Å²) in [5, 5.41) is 3.22. The number of nitrogens with one attached hydrogen (secondary N) is 1. The van der Waals surface area contributed by atoms with Gasteiger partial charge in [0.15, 0.2) is 0 Å². The van der Waals surface area contributed by atoms with E-state index < -0.39 is 0 Å². The first kappa shape index (κ1) is 14.3. The molecule has 0 saturated carbocycles. The largest absolute Gasteiger partial charge is 0.496 e. The second-order valence-electron chi connectivity index (χ2n) is 4.19. The number of anilines is 1. The van der Waals surface area contributed by atoms with Crippen molar-refractivity contribution in [3.05, 3.63) is 58.9 Å². The van der Waals surface area contributed by atoms with Gasteiger partial charge < -0.3 is 10.1 Å². The number of hydrogen-bond donors (Lipinski definition) is 1. The summed E-state index contributed by atoms with van der Waals surface area (Å²) in [6.07, 6.45) is 0.126. The van der Waals surface area contributed by atoms with E-state index >= 15 is 0 Å². The van der Waals surface area contributed by atoms with E-state index in [4.69, 9.17) is 16.3 Å². The molecule has 104 valence electrons. The van der Waals surface area contributed by atoms with Crippen molar-refractivity contribution in [2.75, 3.05) is 12.4 Å². The zero-order valence-electron chi connectivity index (χ0n) is 10.8. The molecule has 2 aromatic rings. The van der Waals surface area contributed by atoms with Gasteiger partial charge in [0.05, 0.1) is 13.5 Å². The Kier molecular flexibility index (Phi) is 4.58. The van der Waals surface area contributed by atoms with Gasteiger partial charge in [-0.2, -0.15) is 0 Å². The number of benzene rings is 2. The van der Waals surface area contributed by atoms with Crippen LogP contribution in [0.5, 0.6) is 5.75 Å². The molecule has 0 aromatic heterocycles. The van der Waals surface area contributed by atoms with Gasteiger partial charge in [0.2, 0.25) is 5.91 Å². The summed E-state index contributed by atoms with van der Waals surface area (Å²) in [6, 6.07) is 10.7. The van der Waals surface area contributed by atoms with Crippen LogP contribution < -0.4 is 10.1 Å². The third kappa shape index (κ3) is 3.71. The smallest absolute Gasteiger partial charge is 0.228 e. The molecule has 1 amide bonds. The average Bonchev–Trinajstić information content (AvgIpc) is 2.41. The first-order chi connectivity index (χ1) is 9.58. The monoisotopic (exact) mass is 293 g/mol. The van der Waals surface area contributed by atoms with Crippen LogP contribution >= 0.6 is 11.6 Å². The number of carbonyl (C=O) groups is 1. The van der Waals surface area contributed by atoms with Crippen LogP contribution in [0.2, 0.25) is 5.02 Å². The predicted molar refractivity (Wildman–Crippen MR) is 76.7 cm³/mol. The first-order valence-electron chi connectivity index (χ1n) is 5.96. The highest BCUT2D eigenvalue weighted by atomic mass is 35.5. The van der Waals surface area contributed by atoms with Crippen LogP contribution in [0.3, 0.4) is 0 Å². The van der Waals surface area contributed by atoms with E-state index in [0.717, 1.165) is 0 Å². The van der Waals surface area contributed by atoms with E-state index in [0.29, 0.717) is 22.0 Å². The van der Waals surface area contributed by atoms with Gasteiger partial charge in [0, 0.05) is 16.3 Å². The van der Waals surface area contributed by atoms with Crippen molar-refractivity contribution in [1.29, 1.82) is 0 Å². The Morgan fingerprint density at radius 3 is 2.60 bits per heavy atom. The van der Waals surface area contributed by atoms with Crippen molar-refractivity contribution in [3.63, 3.8) is 0 Å². The maximum Gasteiger partial charge on any atom is 0.228 e. The highest BCUT2D eigenvalue weighted by molar-refractivity contribution is 6.30. The number of methoxy groups -OCH3 is 1. The first-order valence-corrected chi connectivity index (χ1v) is 6.34. The summed E-state index contributed by atoms with van der Waals surface area (Å²) < 4.78 is 17.9. The second kappa shape index (κ2) is 6.39. The maximum absolute atomic E-state index is 12.8. The minimum absolute atomic E-state index is 0.126. The van der Waals surface area contributed by atoms with E-state index in [1.807, 2.05) is 0 Å². The topological polar surface area (TPSA) is 38.3 Å². The van der Waals surface area contributed by atoms with Crippen molar-refractivity contribution in [3.8, 4) is 5.75 Å². The van der Waals surface area contributed by atoms with Crippen LogP contribution in [0, 0.1) is 5.82 Å². The van der Waals surface area contributed by atoms with Gasteiger partial charge in [-0.25, -0.2) is 4.39 Å². The Balaban J connectivity index is 2.08. The van der Waals surface area contributed by atoms with Crippen LogP contribution in [0.4, 0.5) is 10.1 Å². The lowest BCUT2D eigenvalue weighted by Gasteiger charge is -2.09. The molecule has 0 aliphatic heterocycles. The van der Waals surface area contributed by atoms with Gasteiger partial charge in [-0.3, -0.25) is 4.79 Å². The molecule has 2 rings (SSSR count). The number of carbonyl (C=O) groups excluding carboxylic acids is 1. The van der Waals surface area contributed by atoms with Gasteiger partial charge in [-0.05, 0) is 42.5 Å². The summed E-state index contributed by atoms with van der Waals surface area (Å²) in [5.74, 6) is 0.0281. The minimum Gasteiger partial charge on any atom is -0.496 e. The molecule has 3 nitrogen and oxygen atoms in total. The van der Waals surface area contributed by atoms with Crippen molar-refractivity contribution >= 4 is 23.2 Å². The van der Waals surface area contributed by atoms with Crippen LogP contribution in [0.25, 0.3) is 0 Å². The molecule has 0 atom stereocenters. The molecule has 0 aliphatic rings.